The van der Waals surface area contributed by atoms with Crippen molar-refractivity contribution in [3.05, 3.63) is 23.8 Å². The summed E-state index contributed by atoms with van der Waals surface area (Å²) in [6.07, 6.45) is 2.65. The summed E-state index contributed by atoms with van der Waals surface area (Å²) in [5.41, 5.74) is 3.90. The molecule has 1 aliphatic heterocycles. The van der Waals surface area contributed by atoms with Crippen LogP contribution in [0.3, 0.4) is 0 Å². The van der Waals surface area contributed by atoms with Crippen LogP contribution < -0.4 is 10.2 Å². The quantitative estimate of drug-likeness (QED) is 0.885. The summed E-state index contributed by atoms with van der Waals surface area (Å²) in [6, 6.07) is 7.30. The Hall–Kier alpha value is -0.830. The lowest BCUT2D eigenvalue weighted by Crippen LogP contribution is -2.26. The fraction of sp³-hybridized carbons (Fsp3) is 0.571. The van der Waals surface area contributed by atoms with Gasteiger partial charge in [0.1, 0.15) is 0 Å². The molecule has 1 heterocycles. The molecule has 0 saturated carbocycles. The largest absolute Gasteiger partial charge is 0.381 e. The Bertz CT molecular complexity index is 370. The molecule has 1 N–H and O–H groups in total. The van der Waals surface area contributed by atoms with Crippen molar-refractivity contribution in [1.29, 1.82) is 0 Å². The van der Waals surface area contributed by atoms with Gasteiger partial charge in [0, 0.05) is 37.3 Å². The van der Waals surface area contributed by atoms with E-state index >= 15 is 0 Å². The maximum atomic E-state index is 3.68. The molecule has 0 aliphatic carbocycles. The molecule has 94 valence electrons. The van der Waals surface area contributed by atoms with Crippen LogP contribution in [0.15, 0.2) is 18.2 Å². The minimum atomic E-state index is 0.651. The molecule has 1 aromatic carbocycles. The smallest absolute Gasteiger partial charge is 0.0373 e. The standard InChI is InChI=1S/C14H22N2S/c1-11-9-13(16(2)3)6-7-14(11)15-12-5-4-8-17-10-12/h6-7,9,12,15H,4-5,8,10H2,1-3H3. The number of nitrogens with one attached hydrogen (secondary N) is 1. The fourth-order valence-electron chi connectivity index (χ4n) is 2.16. The second-order valence-electron chi connectivity index (χ2n) is 4.95. The summed E-state index contributed by atoms with van der Waals surface area (Å²) in [4.78, 5) is 2.15. The van der Waals surface area contributed by atoms with Crippen molar-refractivity contribution in [1.82, 2.24) is 0 Å². The highest BCUT2D eigenvalue weighted by Crippen LogP contribution is 2.25. The molecular weight excluding hydrogens is 228 g/mol. The molecule has 1 aliphatic rings. The molecule has 0 bridgehead atoms. The first-order valence-electron chi connectivity index (χ1n) is 6.29. The van der Waals surface area contributed by atoms with Crippen molar-refractivity contribution in [3.63, 3.8) is 0 Å². The van der Waals surface area contributed by atoms with Crippen LogP contribution >= 0.6 is 11.8 Å². The first-order valence-corrected chi connectivity index (χ1v) is 7.44. The Kier molecular flexibility index (Phi) is 4.21. The fourth-order valence-corrected chi connectivity index (χ4v) is 3.23. The normalized spacial score (nSPS) is 20.1. The zero-order chi connectivity index (χ0) is 12.3. The van der Waals surface area contributed by atoms with Crippen molar-refractivity contribution >= 4 is 23.1 Å². The van der Waals surface area contributed by atoms with Crippen molar-refractivity contribution in [2.24, 2.45) is 0 Å². The van der Waals surface area contributed by atoms with Crippen LogP contribution in [0.25, 0.3) is 0 Å². The predicted octanol–water partition coefficient (Wildman–Crippen LogP) is 3.37. The second kappa shape index (κ2) is 5.67. The first kappa shape index (κ1) is 12.6. The molecule has 0 spiro atoms. The third kappa shape index (κ3) is 3.32. The average Bonchev–Trinajstić information content (AvgIpc) is 2.33. The van der Waals surface area contributed by atoms with Gasteiger partial charge in [-0.3, -0.25) is 0 Å². The van der Waals surface area contributed by atoms with Gasteiger partial charge in [-0.05, 0) is 49.3 Å². The van der Waals surface area contributed by atoms with Gasteiger partial charge in [-0.1, -0.05) is 0 Å². The molecule has 3 heteroatoms. The molecule has 1 aromatic rings. The van der Waals surface area contributed by atoms with E-state index in [1.54, 1.807) is 0 Å². The van der Waals surface area contributed by atoms with Gasteiger partial charge in [0.05, 0.1) is 0 Å². The predicted molar refractivity (Wildman–Crippen MR) is 79.5 cm³/mol. The summed E-state index contributed by atoms with van der Waals surface area (Å²) in [7, 11) is 4.17. The number of hydrogen-bond acceptors (Lipinski definition) is 3. The number of rotatable bonds is 3. The van der Waals surface area contributed by atoms with Gasteiger partial charge >= 0.3 is 0 Å². The number of anilines is 2. The monoisotopic (exact) mass is 250 g/mol. The Balaban J connectivity index is 2.05. The summed E-state index contributed by atoms with van der Waals surface area (Å²) < 4.78 is 0. The maximum Gasteiger partial charge on any atom is 0.0373 e. The van der Waals surface area contributed by atoms with Crippen LogP contribution in [0, 0.1) is 6.92 Å². The Morgan fingerprint density at radius 3 is 2.76 bits per heavy atom. The third-order valence-corrected chi connectivity index (χ3v) is 4.46. The van der Waals surface area contributed by atoms with Crippen molar-refractivity contribution in [3.8, 4) is 0 Å². The van der Waals surface area contributed by atoms with E-state index in [-0.39, 0.29) is 0 Å². The van der Waals surface area contributed by atoms with E-state index in [1.165, 1.54) is 41.3 Å². The van der Waals surface area contributed by atoms with Crippen molar-refractivity contribution in [2.45, 2.75) is 25.8 Å². The van der Waals surface area contributed by atoms with Gasteiger partial charge in [-0.2, -0.15) is 11.8 Å². The Morgan fingerprint density at radius 2 is 2.18 bits per heavy atom. The summed E-state index contributed by atoms with van der Waals surface area (Å²) >= 11 is 2.07. The van der Waals surface area contributed by atoms with Crippen LogP contribution in [-0.2, 0) is 0 Å². The molecule has 1 saturated heterocycles. The van der Waals surface area contributed by atoms with Gasteiger partial charge in [-0.25, -0.2) is 0 Å². The van der Waals surface area contributed by atoms with Gasteiger partial charge in [0.2, 0.25) is 0 Å². The van der Waals surface area contributed by atoms with Crippen LogP contribution in [0.2, 0.25) is 0 Å². The highest BCUT2D eigenvalue weighted by atomic mass is 32.2. The number of aryl methyl sites for hydroxylation is 1. The Morgan fingerprint density at radius 1 is 1.35 bits per heavy atom. The lowest BCUT2D eigenvalue weighted by atomic mass is 10.1. The number of nitrogens with zero attached hydrogens (tertiary/aromatic N) is 1. The first-order chi connectivity index (χ1) is 8.16. The number of benzene rings is 1. The van der Waals surface area contributed by atoms with E-state index in [1.807, 2.05) is 0 Å². The molecule has 0 aromatic heterocycles. The van der Waals surface area contributed by atoms with Crippen LogP contribution in [0.1, 0.15) is 18.4 Å². The van der Waals surface area contributed by atoms with E-state index in [4.69, 9.17) is 0 Å². The molecule has 2 rings (SSSR count). The minimum Gasteiger partial charge on any atom is -0.381 e. The molecular formula is C14H22N2S. The third-order valence-electron chi connectivity index (χ3n) is 3.25. The molecule has 1 fully saturated rings. The zero-order valence-corrected chi connectivity index (χ0v) is 11.8. The van der Waals surface area contributed by atoms with Crippen LogP contribution in [-0.4, -0.2) is 31.6 Å². The highest BCUT2D eigenvalue weighted by molar-refractivity contribution is 7.99. The lowest BCUT2D eigenvalue weighted by Gasteiger charge is -2.25. The van der Waals surface area contributed by atoms with Gasteiger partial charge in [0.15, 0.2) is 0 Å². The molecule has 1 unspecified atom stereocenters. The molecule has 2 nitrogen and oxygen atoms in total. The molecule has 1 atom stereocenters. The number of thioether (sulfide) groups is 1. The Labute approximate surface area is 109 Å². The van der Waals surface area contributed by atoms with Crippen LogP contribution in [0.5, 0.6) is 0 Å². The van der Waals surface area contributed by atoms with E-state index in [9.17, 15) is 0 Å². The summed E-state index contributed by atoms with van der Waals surface area (Å²) in [6.45, 7) is 2.19. The van der Waals surface area contributed by atoms with Crippen LogP contribution in [0.4, 0.5) is 11.4 Å². The maximum absolute atomic E-state index is 3.68. The van der Waals surface area contributed by atoms with E-state index in [0.29, 0.717) is 6.04 Å². The molecule has 0 radical (unpaired) electrons. The number of hydrogen-bond donors (Lipinski definition) is 1. The summed E-state index contributed by atoms with van der Waals surface area (Å²) in [5.74, 6) is 2.58. The summed E-state index contributed by atoms with van der Waals surface area (Å²) in [5, 5.41) is 3.68. The molecule has 17 heavy (non-hydrogen) atoms. The second-order valence-corrected chi connectivity index (χ2v) is 6.10. The van der Waals surface area contributed by atoms with Gasteiger partial charge in [-0.15, -0.1) is 0 Å². The van der Waals surface area contributed by atoms with E-state index in [2.05, 4.69) is 61.2 Å². The SMILES string of the molecule is Cc1cc(N(C)C)ccc1NC1CCCSC1. The van der Waals surface area contributed by atoms with Gasteiger partial charge < -0.3 is 10.2 Å². The van der Waals surface area contributed by atoms with Crippen molar-refractivity contribution < 1.29 is 0 Å². The van der Waals surface area contributed by atoms with Crippen molar-refractivity contribution in [2.75, 3.05) is 35.8 Å². The van der Waals surface area contributed by atoms with E-state index < -0.39 is 0 Å². The average molecular weight is 250 g/mol. The van der Waals surface area contributed by atoms with E-state index in [0.717, 1.165) is 0 Å². The molecule has 0 amide bonds. The zero-order valence-electron chi connectivity index (χ0n) is 11.0. The van der Waals surface area contributed by atoms with Gasteiger partial charge in [0.25, 0.3) is 0 Å². The highest BCUT2D eigenvalue weighted by Gasteiger charge is 2.14. The minimum absolute atomic E-state index is 0.651. The topological polar surface area (TPSA) is 15.3 Å². The lowest BCUT2D eigenvalue weighted by molar-refractivity contribution is 0.684.